The van der Waals surface area contributed by atoms with E-state index in [-0.39, 0.29) is 4.90 Å². The normalized spacial score (nSPS) is 11.6. The predicted molar refractivity (Wildman–Crippen MR) is 61.6 cm³/mol. The molecule has 0 spiro atoms. The highest BCUT2D eigenvalue weighted by Gasteiger charge is 2.17. The molecule has 0 amide bonds. The first kappa shape index (κ1) is 11.4. The molecule has 0 radical (unpaired) electrons. The first-order valence-corrected chi connectivity index (χ1v) is 6.91. The van der Waals surface area contributed by atoms with Crippen molar-refractivity contribution in [1.82, 2.24) is 9.78 Å². The van der Waals surface area contributed by atoms with Gasteiger partial charge >= 0.3 is 0 Å². The van der Waals surface area contributed by atoms with Crippen LogP contribution in [0.25, 0.3) is 5.69 Å². The molecule has 0 aliphatic carbocycles. The summed E-state index contributed by atoms with van der Waals surface area (Å²) in [7, 11) is 1.47. The maximum atomic E-state index is 11.4. The van der Waals surface area contributed by atoms with Gasteiger partial charge in [0, 0.05) is 28.1 Å². The Balaban J connectivity index is 2.72. The Kier molecular flexibility index (Phi) is 2.92. The third-order valence-corrected chi connectivity index (χ3v) is 3.52. The number of nitrogens with zero attached hydrogens (tertiary/aromatic N) is 2. The van der Waals surface area contributed by atoms with Crippen LogP contribution in [0.5, 0.6) is 0 Å². The molecule has 1 aromatic heterocycles. The topological polar surface area (TPSA) is 52.0 Å². The first-order valence-electron chi connectivity index (χ1n) is 4.23. The van der Waals surface area contributed by atoms with Crippen LogP contribution in [-0.2, 0) is 9.05 Å². The molecule has 0 atom stereocenters. The molecule has 2 aromatic rings. The lowest BCUT2D eigenvalue weighted by molar-refractivity contribution is 0.608. The van der Waals surface area contributed by atoms with Gasteiger partial charge in [-0.25, -0.2) is 13.1 Å². The van der Waals surface area contributed by atoms with E-state index in [1.807, 2.05) is 0 Å². The van der Waals surface area contributed by atoms with Crippen molar-refractivity contribution in [2.45, 2.75) is 4.90 Å². The number of benzene rings is 1. The van der Waals surface area contributed by atoms with E-state index in [1.165, 1.54) is 10.7 Å². The third kappa shape index (κ3) is 2.21. The number of rotatable bonds is 2. The summed E-state index contributed by atoms with van der Waals surface area (Å²) in [5.74, 6) is 0. The summed E-state index contributed by atoms with van der Waals surface area (Å²) >= 11 is 5.73. The summed E-state index contributed by atoms with van der Waals surface area (Å²) < 4.78 is 24.1. The smallest absolute Gasteiger partial charge is 0.240 e. The molecule has 0 fully saturated rings. The standard InChI is InChI=1S/C9H6Cl2N2O2S/c10-7-2-3-8(13-5-1-4-12-13)9(6-7)16(11,14)15/h1-6H. The van der Waals surface area contributed by atoms with E-state index in [4.69, 9.17) is 22.3 Å². The Morgan fingerprint density at radius 3 is 2.62 bits per heavy atom. The van der Waals surface area contributed by atoms with Crippen molar-refractivity contribution >= 4 is 31.3 Å². The molecule has 0 N–H and O–H groups in total. The SMILES string of the molecule is O=S(=O)(Cl)c1cc(Cl)ccc1-n1cccn1. The molecule has 0 saturated carbocycles. The van der Waals surface area contributed by atoms with Gasteiger partial charge in [-0.2, -0.15) is 5.10 Å². The van der Waals surface area contributed by atoms with Crippen LogP contribution in [0.1, 0.15) is 0 Å². The second-order valence-corrected chi connectivity index (χ2v) is 5.97. The van der Waals surface area contributed by atoms with Crippen LogP contribution < -0.4 is 0 Å². The van der Waals surface area contributed by atoms with Crippen LogP contribution in [0, 0.1) is 0 Å². The summed E-state index contributed by atoms with van der Waals surface area (Å²) in [4.78, 5) is -0.0645. The fourth-order valence-electron chi connectivity index (χ4n) is 1.28. The van der Waals surface area contributed by atoms with Crippen LogP contribution in [-0.4, -0.2) is 18.2 Å². The van der Waals surface area contributed by atoms with Crippen LogP contribution in [0.3, 0.4) is 0 Å². The molecule has 0 aliphatic heterocycles. The third-order valence-electron chi connectivity index (χ3n) is 1.94. The zero-order valence-electron chi connectivity index (χ0n) is 7.84. The Morgan fingerprint density at radius 1 is 1.31 bits per heavy atom. The van der Waals surface area contributed by atoms with Crippen LogP contribution in [0.15, 0.2) is 41.6 Å². The minimum Gasteiger partial charge on any atom is -0.240 e. The van der Waals surface area contributed by atoms with Gasteiger partial charge in [0.2, 0.25) is 0 Å². The number of hydrogen-bond acceptors (Lipinski definition) is 3. The highest BCUT2D eigenvalue weighted by Crippen LogP contribution is 2.26. The highest BCUT2D eigenvalue weighted by atomic mass is 35.7. The molecule has 0 bridgehead atoms. The quantitative estimate of drug-likeness (QED) is 0.792. The van der Waals surface area contributed by atoms with Gasteiger partial charge in [0.1, 0.15) is 4.90 Å². The number of aromatic nitrogens is 2. The van der Waals surface area contributed by atoms with Crippen molar-refractivity contribution in [3.8, 4) is 5.69 Å². The summed E-state index contributed by atoms with van der Waals surface area (Å²) in [6, 6.07) is 6.09. The first-order chi connectivity index (χ1) is 7.48. The molecule has 1 aromatic carbocycles. The van der Waals surface area contributed by atoms with E-state index in [1.54, 1.807) is 30.6 Å². The van der Waals surface area contributed by atoms with Gasteiger partial charge in [-0.3, -0.25) is 0 Å². The molecular weight excluding hydrogens is 271 g/mol. The molecule has 4 nitrogen and oxygen atoms in total. The van der Waals surface area contributed by atoms with Gasteiger partial charge in [0.05, 0.1) is 5.69 Å². The Labute approximate surface area is 102 Å². The van der Waals surface area contributed by atoms with E-state index >= 15 is 0 Å². The second-order valence-electron chi connectivity index (χ2n) is 3.00. The van der Waals surface area contributed by atoms with Gasteiger partial charge in [-0.15, -0.1) is 0 Å². The van der Waals surface area contributed by atoms with E-state index in [9.17, 15) is 8.42 Å². The Hall–Kier alpha value is -1.04. The van der Waals surface area contributed by atoms with Crippen molar-refractivity contribution in [2.24, 2.45) is 0 Å². The number of halogens is 2. The van der Waals surface area contributed by atoms with Crippen molar-refractivity contribution in [1.29, 1.82) is 0 Å². The van der Waals surface area contributed by atoms with E-state index < -0.39 is 9.05 Å². The zero-order chi connectivity index (χ0) is 11.8. The zero-order valence-corrected chi connectivity index (χ0v) is 10.2. The largest absolute Gasteiger partial charge is 0.263 e. The lowest BCUT2D eigenvalue weighted by Gasteiger charge is -2.06. The van der Waals surface area contributed by atoms with E-state index in [0.29, 0.717) is 10.7 Å². The highest BCUT2D eigenvalue weighted by molar-refractivity contribution is 8.13. The van der Waals surface area contributed by atoms with Crippen LogP contribution in [0.4, 0.5) is 0 Å². The van der Waals surface area contributed by atoms with Gasteiger partial charge in [-0.05, 0) is 24.3 Å². The maximum absolute atomic E-state index is 11.4. The summed E-state index contributed by atoms with van der Waals surface area (Å²) in [5.41, 5.74) is 0.365. The maximum Gasteiger partial charge on any atom is 0.263 e. The summed E-state index contributed by atoms with van der Waals surface area (Å²) in [6.07, 6.45) is 3.16. The molecule has 2 rings (SSSR count). The fourth-order valence-corrected chi connectivity index (χ4v) is 2.57. The molecule has 0 saturated heterocycles. The van der Waals surface area contributed by atoms with Crippen molar-refractivity contribution in [2.75, 3.05) is 0 Å². The average Bonchev–Trinajstić information content (AvgIpc) is 2.69. The lowest BCUT2D eigenvalue weighted by Crippen LogP contribution is -2.02. The molecule has 1 heterocycles. The Morgan fingerprint density at radius 2 is 2.06 bits per heavy atom. The molecule has 84 valence electrons. The molecule has 16 heavy (non-hydrogen) atoms. The summed E-state index contributed by atoms with van der Waals surface area (Å²) in [6.45, 7) is 0. The monoisotopic (exact) mass is 276 g/mol. The number of hydrogen-bond donors (Lipinski definition) is 0. The minimum absolute atomic E-state index is 0.0645. The summed E-state index contributed by atoms with van der Waals surface area (Å²) in [5, 5.41) is 4.24. The van der Waals surface area contributed by atoms with Crippen molar-refractivity contribution in [3.05, 3.63) is 41.7 Å². The van der Waals surface area contributed by atoms with Gasteiger partial charge in [-0.1, -0.05) is 11.6 Å². The van der Waals surface area contributed by atoms with E-state index in [0.717, 1.165) is 0 Å². The van der Waals surface area contributed by atoms with Crippen LogP contribution >= 0.6 is 22.3 Å². The van der Waals surface area contributed by atoms with Gasteiger partial charge < -0.3 is 0 Å². The minimum atomic E-state index is -3.86. The van der Waals surface area contributed by atoms with Crippen molar-refractivity contribution in [3.63, 3.8) is 0 Å². The van der Waals surface area contributed by atoms with Crippen molar-refractivity contribution < 1.29 is 8.42 Å². The van der Waals surface area contributed by atoms with Gasteiger partial charge in [0.25, 0.3) is 9.05 Å². The molecular formula is C9H6Cl2N2O2S. The second kappa shape index (κ2) is 4.08. The van der Waals surface area contributed by atoms with Crippen LogP contribution in [0.2, 0.25) is 5.02 Å². The van der Waals surface area contributed by atoms with Gasteiger partial charge in [0.15, 0.2) is 0 Å². The lowest BCUT2D eigenvalue weighted by atomic mass is 10.3. The molecule has 0 unspecified atom stereocenters. The Bertz CT molecular complexity index is 608. The predicted octanol–water partition coefficient (Wildman–Crippen LogP) is 2.45. The average molecular weight is 277 g/mol. The molecule has 7 heteroatoms. The fraction of sp³-hybridized carbons (Fsp3) is 0. The van der Waals surface area contributed by atoms with E-state index in [2.05, 4.69) is 5.10 Å². The molecule has 0 aliphatic rings.